The lowest BCUT2D eigenvalue weighted by atomic mass is 10.2. The van der Waals surface area contributed by atoms with E-state index in [2.05, 4.69) is 9.55 Å². The summed E-state index contributed by atoms with van der Waals surface area (Å²) >= 11 is 0. The van der Waals surface area contributed by atoms with Crippen LogP contribution in [0.2, 0.25) is 0 Å². The number of aliphatic carboxylic acids is 1. The number of rotatable bonds is 3. The minimum Gasteiger partial charge on any atom is -0.480 e. The number of carboxylic acid groups (broad SMARTS) is 1. The third kappa shape index (κ3) is 2.15. The number of fused-ring (bicyclic) bond motifs is 3. The van der Waals surface area contributed by atoms with E-state index in [9.17, 15) is 14.4 Å². The van der Waals surface area contributed by atoms with Crippen LogP contribution < -0.4 is 11.2 Å². The van der Waals surface area contributed by atoms with Crippen LogP contribution in [0.5, 0.6) is 0 Å². The lowest BCUT2D eigenvalue weighted by molar-refractivity contribution is -0.137. The first-order valence-electron chi connectivity index (χ1n) is 8.31. The van der Waals surface area contributed by atoms with E-state index in [-0.39, 0.29) is 11.2 Å². The summed E-state index contributed by atoms with van der Waals surface area (Å²) in [6, 6.07) is 0.340. The molecule has 0 aromatic carbocycles. The summed E-state index contributed by atoms with van der Waals surface area (Å²) in [5.74, 6) is -0.612. The van der Waals surface area contributed by atoms with Gasteiger partial charge in [0.2, 0.25) is 5.78 Å². The fraction of sp³-hybridized carbons (Fsp3) is 0.500. The Morgan fingerprint density at radius 3 is 2.64 bits per heavy atom. The second-order valence-electron chi connectivity index (χ2n) is 6.66. The number of carboxylic acids is 1. The zero-order chi connectivity index (χ0) is 17.9. The lowest BCUT2D eigenvalue weighted by Crippen LogP contribution is -2.41. The molecule has 9 heteroatoms. The van der Waals surface area contributed by atoms with Gasteiger partial charge in [0.1, 0.15) is 6.54 Å². The molecule has 1 saturated carbocycles. The minimum absolute atomic E-state index is 0.234. The molecule has 0 aliphatic heterocycles. The maximum atomic E-state index is 12.8. The van der Waals surface area contributed by atoms with Crippen molar-refractivity contribution in [1.82, 2.24) is 23.1 Å². The first-order valence-corrected chi connectivity index (χ1v) is 8.31. The summed E-state index contributed by atoms with van der Waals surface area (Å²) in [4.78, 5) is 40.7. The molecule has 0 saturated heterocycles. The van der Waals surface area contributed by atoms with Crippen molar-refractivity contribution in [1.29, 1.82) is 0 Å². The lowest BCUT2D eigenvalue weighted by Gasteiger charge is -2.13. The van der Waals surface area contributed by atoms with Gasteiger partial charge in [-0.1, -0.05) is 12.8 Å². The molecular weight excluding hydrogens is 326 g/mol. The van der Waals surface area contributed by atoms with E-state index in [0.29, 0.717) is 11.8 Å². The van der Waals surface area contributed by atoms with Crippen LogP contribution >= 0.6 is 0 Å². The van der Waals surface area contributed by atoms with Gasteiger partial charge in [0.15, 0.2) is 11.2 Å². The minimum atomic E-state index is -1.24. The van der Waals surface area contributed by atoms with E-state index in [1.165, 1.54) is 24.5 Å². The molecule has 0 amide bonds. The summed E-state index contributed by atoms with van der Waals surface area (Å²) in [5, 5.41) is 9.00. The van der Waals surface area contributed by atoms with Gasteiger partial charge in [-0.15, -0.1) is 0 Å². The van der Waals surface area contributed by atoms with Crippen LogP contribution in [-0.4, -0.2) is 34.2 Å². The topological polar surface area (TPSA) is 104 Å². The van der Waals surface area contributed by atoms with Gasteiger partial charge in [-0.2, -0.15) is 4.98 Å². The molecule has 1 aliphatic rings. The van der Waals surface area contributed by atoms with Crippen molar-refractivity contribution in [3.8, 4) is 0 Å². The van der Waals surface area contributed by atoms with Crippen molar-refractivity contribution in [3.63, 3.8) is 0 Å². The molecule has 1 fully saturated rings. The van der Waals surface area contributed by atoms with Crippen LogP contribution in [0.4, 0.5) is 0 Å². The van der Waals surface area contributed by atoms with Gasteiger partial charge in [-0.25, -0.2) is 9.36 Å². The summed E-state index contributed by atoms with van der Waals surface area (Å²) in [6.45, 7) is 1.30. The second kappa shape index (κ2) is 5.33. The molecule has 0 spiro atoms. The molecule has 0 bridgehead atoms. The Morgan fingerprint density at radius 1 is 1.32 bits per heavy atom. The van der Waals surface area contributed by atoms with Crippen LogP contribution in [0.1, 0.15) is 37.4 Å². The summed E-state index contributed by atoms with van der Waals surface area (Å²) in [6.07, 6.45) is 6.30. The van der Waals surface area contributed by atoms with Crippen LogP contribution in [0.15, 0.2) is 15.8 Å². The first-order chi connectivity index (χ1) is 11.9. The summed E-state index contributed by atoms with van der Waals surface area (Å²) in [7, 11) is 1.50. The molecule has 3 heterocycles. The van der Waals surface area contributed by atoms with Crippen LogP contribution in [0.3, 0.4) is 0 Å². The van der Waals surface area contributed by atoms with E-state index in [0.717, 1.165) is 23.1 Å². The fourth-order valence-electron chi connectivity index (χ4n) is 3.92. The SMILES string of the molecule is Cc1cn2c3c(=O)n(CC(=O)O)c(=O)n(C)c3nc2n1C1CCCC1. The van der Waals surface area contributed by atoms with Crippen molar-refractivity contribution >= 4 is 22.9 Å². The fourth-order valence-corrected chi connectivity index (χ4v) is 3.92. The highest BCUT2D eigenvalue weighted by Gasteiger charge is 2.25. The Kier molecular flexibility index (Phi) is 3.34. The van der Waals surface area contributed by atoms with Crippen LogP contribution in [0, 0.1) is 6.92 Å². The van der Waals surface area contributed by atoms with Gasteiger partial charge in [0.25, 0.3) is 5.56 Å². The number of imidazole rings is 2. The third-order valence-corrected chi connectivity index (χ3v) is 5.05. The number of nitrogens with zero attached hydrogens (tertiary/aromatic N) is 5. The molecule has 0 atom stereocenters. The number of carbonyl (C=O) groups is 1. The first kappa shape index (κ1) is 15.7. The quantitative estimate of drug-likeness (QED) is 0.751. The zero-order valence-electron chi connectivity index (χ0n) is 14.1. The smallest absolute Gasteiger partial charge is 0.333 e. The zero-order valence-corrected chi connectivity index (χ0v) is 14.1. The van der Waals surface area contributed by atoms with E-state index < -0.39 is 23.8 Å². The van der Waals surface area contributed by atoms with Crippen LogP contribution in [0.25, 0.3) is 16.9 Å². The molecule has 1 aliphatic carbocycles. The third-order valence-electron chi connectivity index (χ3n) is 5.05. The standard InChI is InChI=1S/C16H19N5O4/c1-9-7-19-12-13(17-15(19)21(9)10-5-3-4-6-10)18(2)16(25)20(14(12)24)8-11(22)23/h7,10H,3-6,8H2,1-2H3,(H,22,23). The summed E-state index contributed by atoms with van der Waals surface area (Å²) < 4.78 is 5.78. The molecule has 25 heavy (non-hydrogen) atoms. The van der Waals surface area contributed by atoms with E-state index in [1.807, 2.05) is 13.1 Å². The number of aryl methyl sites for hydroxylation is 2. The van der Waals surface area contributed by atoms with Crippen LogP contribution in [-0.2, 0) is 18.4 Å². The van der Waals surface area contributed by atoms with Crippen molar-refractivity contribution in [2.24, 2.45) is 7.05 Å². The maximum absolute atomic E-state index is 12.8. The average Bonchev–Trinajstić information content (AvgIpc) is 3.24. The Morgan fingerprint density at radius 2 is 2.00 bits per heavy atom. The molecule has 3 aromatic rings. The Balaban J connectivity index is 2.09. The normalized spacial score (nSPS) is 15.6. The van der Waals surface area contributed by atoms with Gasteiger partial charge >= 0.3 is 11.7 Å². The van der Waals surface area contributed by atoms with Gasteiger partial charge in [0.05, 0.1) is 0 Å². The highest BCUT2D eigenvalue weighted by molar-refractivity contribution is 5.76. The predicted molar refractivity (Wildman–Crippen MR) is 90.1 cm³/mol. The molecule has 4 rings (SSSR count). The Bertz CT molecular complexity index is 1120. The Labute approximate surface area is 141 Å². The molecule has 3 aromatic heterocycles. The molecule has 0 radical (unpaired) electrons. The number of hydrogen-bond donors (Lipinski definition) is 1. The van der Waals surface area contributed by atoms with Gasteiger partial charge < -0.3 is 9.67 Å². The molecule has 1 N–H and O–H groups in total. The predicted octanol–water partition coefficient (Wildman–Crippen LogP) is 0.658. The highest BCUT2D eigenvalue weighted by Crippen LogP contribution is 2.32. The monoisotopic (exact) mass is 345 g/mol. The van der Waals surface area contributed by atoms with Crippen molar-refractivity contribution < 1.29 is 9.90 Å². The molecule has 132 valence electrons. The van der Waals surface area contributed by atoms with Gasteiger partial charge in [0, 0.05) is 25.0 Å². The average molecular weight is 345 g/mol. The molecular formula is C16H19N5O4. The number of aromatic nitrogens is 5. The van der Waals surface area contributed by atoms with E-state index >= 15 is 0 Å². The van der Waals surface area contributed by atoms with Crippen molar-refractivity contribution in [2.75, 3.05) is 0 Å². The van der Waals surface area contributed by atoms with Crippen molar-refractivity contribution in [3.05, 3.63) is 32.7 Å². The largest absolute Gasteiger partial charge is 0.480 e. The maximum Gasteiger partial charge on any atom is 0.333 e. The van der Waals surface area contributed by atoms with E-state index in [1.54, 1.807) is 4.40 Å². The van der Waals surface area contributed by atoms with Gasteiger partial charge in [-0.3, -0.25) is 18.6 Å². The number of hydrogen-bond acceptors (Lipinski definition) is 4. The van der Waals surface area contributed by atoms with E-state index in [4.69, 9.17) is 5.11 Å². The van der Waals surface area contributed by atoms with Crippen molar-refractivity contribution in [2.45, 2.75) is 45.2 Å². The molecule has 0 unspecified atom stereocenters. The second-order valence-corrected chi connectivity index (χ2v) is 6.66. The highest BCUT2D eigenvalue weighted by atomic mass is 16.4. The van der Waals surface area contributed by atoms with Gasteiger partial charge in [-0.05, 0) is 19.8 Å². The Hall–Kier alpha value is -2.84. The molecule has 9 nitrogen and oxygen atoms in total. The summed E-state index contributed by atoms with van der Waals surface area (Å²) in [5.41, 5.74) is 0.201.